The van der Waals surface area contributed by atoms with Gasteiger partial charge in [-0.15, -0.1) is 5.10 Å². The van der Waals surface area contributed by atoms with E-state index in [0.717, 1.165) is 11.3 Å². The smallest absolute Gasteiger partial charge is 0.255 e. The second kappa shape index (κ2) is 11.2. The van der Waals surface area contributed by atoms with Gasteiger partial charge < -0.3 is 20.1 Å². The highest BCUT2D eigenvalue weighted by Crippen LogP contribution is 2.40. The predicted octanol–water partition coefficient (Wildman–Crippen LogP) is 6.13. The van der Waals surface area contributed by atoms with Crippen molar-refractivity contribution in [2.75, 3.05) is 24.9 Å². The molecule has 0 spiro atoms. The van der Waals surface area contributed by atoms with E-state index in [-0.39, 0.29) is 5.91 Å². The zero-order valence-electron chi connectivity index (χ0n) is 22.6. The molecule has 39 heavy (non-hydrogen) atoms. The van der Waals surface area contributed by atoms with Crippen molar-refractivity contribution in [2.24, 2.45) is 0 Å². The Kier molecular flexibility index (Phi) is 7.60. The number of anilines is 2. The Morgan fingerprint density at radius 2 is 1.77 bits per heavy atom. The molecule has 4 aromatic rings. The molecule has 0 aliphatic carbocycles. The normalized spacial score (nSPS) is 14.4. The second-order valence-electron chi connectivity index (χ2n) is 9.38. The molecule has 9 heteroatoms. The number of rotatable bonds is 8. The minimum absolute atomic E-state index is 0.225. The molecule has 0 bridgehead atoms. The number of hydrogen-bond acceptors (Lipinski definition) is 7. The van der Waals surface area contributed by atoms with Crippen LogP contribution in [0.5, 0.6) is 11.5 Å². The zero-order valence-corrected chi connectivity index (χ0v) is 23.4. The minimum atomic E-state index is -0.535. The van der Waals surface area contributed by atoms with Crippen LogP contribution in [0.3, 0.4) is 0 Å². The van der Waals surface area contributed by atoms with E-state index in [2.05, 4.69) is 42.7 Å². The third-order valence-corrected chi connectivity index (χ3v) is 7.58. The first-order valence-corrected chi connectivity index (χ1v) is 13.6. The van der Waals surface area contributed by atoms with Gasteiger partial charge in [-0.3, -0.25) is 4.79 Å². The Hall–Kier alpha value is -4.24. The van der Waals surface area contributed by atoms with Crippen LogP contribution >= 0.6 is 11.8 Å². The fourth-order valence-corrected chi connectivity index (χ4v) is 5.53. The van der Waals surface area contributed by atoms with Crippen molar-refractivity contribution in [3.05, 3.63) is 100 Å². The summed E-state index contributed by atoms with van der Waals surface area (Å²) in [6.07, 6.45) is 0. The molecule has 2 N–H and O–H groups in total. The molecule has 0 fully saturated rings. The van der Waals surface area contributed by atoms with Crippen LogP contribution in [0.2, 0.25) is 0 Å². The number of thioether (sulfide) groups is 1. The third kappa shape index (κ3) is 5.49. The molecule has 8 nitrogen and oxygen atoms in total. The number of para-hydroxylation sites is 1. The Balaban J connectivity index is 1.53. The number of allylic oxidation sites excluding steroid dienone is 1. The topological polar surface area (TPSA) is 90.3 Å². The molecule has 1 unspecified atom stereocenters. The van der Waals surface area contributed by atoms with Gasteiger partial charge in [0.2, 0.25) is 11.1 Å². The molecule has 5 rings (SSSR count). The van der Waals surface area contributed by atoms with Crippen LogP contribution in [-0.2, 0) is 10.5 Å². The summed E-state index contributed by atoms with van der Waals surface area (Å²) in [4.78, 5) is 18.5. The van der Waals surface area contributed by atoms with Crippen molar-refractivity contribution in [3.63, 3.8) is 0 Å². The number of carbonyl (C=O) groups excluding carboxylic acids is 1. The number of aryl methyl sites for hydroxylation is 2. The van der Waals surface area contributed by atoms with Crippen LogP contribution in [0.1, 0.15) is 35.2 Å². The van der Waals surface area contributed by atoms with Gasteiger partial charge in [0, 0.05) is 17.1 Å². The molecule has 1 amide bonds. The third-order valence-electron chi connectivity index (χ3n) is 6.69. The Bertz CT molecular complexity index is 1550. The highest BCUT2D eigenvalue weighted by molar-refractivity contribution is 7.98. The lowest BCUT2D eigenvalue weighted by Crippen LogP contribution is -2.31. The van der Waals surface area contributed by atoms with Gasteiger partial charge in [0.1, 0.15) is 6.04 Å². The number of carbonyl (C=O) groups is 1. The number of nitrogens with zero attached hydrogens (tertiary/aromatic N) is 3. The maximum Gasteiger partial charge on any atom is 0.255 e. The van der Waals surface area contributed by atoms with Crippen molar-refractivity contribution in [1.29, 1.82) is 0 Å². The molecule has 1 atom stereocenters. The number of nitrogens with one attached hydrogen (secondary N) is 2. The van der Waals surface area contributed by atoms with E-state index < -0.39 is 6.04 Å². The summed E-state index contributed by atoms with van der Waals surface area (Å²) >= 11 is 1.57. The lowest BCUT2D eigenvalue weighted by atomic mass is 9.94. The molecule has 0 radical (unpaired) electrons. The molecule has 0 saturated heterocycles. The van der Waals surface area contributed by atoms with Gasteiger partial charge in [0.15, 0.2) is 11.5 Å². The number of benzene rings is 3. The average Bonchev–Trinajstić information content (AvgIpc) is 3.35. The second-order valence-corrected chi connectivity index (χ2v) is 10.3. The number of ether oxygens (including phenoxy) is 2. The fourth-order valence-electron chi connectivity index (χ4n) is 4.64. The molecular formula is C30H31N5O3S. The molecule has 1 aromatic heterocycles. The summed E-state index contributed by atoms with van der Waals surface area (Å²) in [5.41, 5.74) is 6.47. The molecule has 1 aliphatic heterocycles. The van der Waals surface area contributed by atoms with E-state index in [4.69, 9.17) is 19.6 Å². The quantitative estimate of drug-likeness (QED) is 0.259. The van der Waals surface area contributed by atoms with E-state index in [1.54, 1.807) is 30.7 Å². The van der Waals surface area contributed by atoms with E-state index in [9.17, 15) is 4.79 Å². The largest absolute Gasteiger partial charge is 0.493 e. The summed E-state index contributed by atoms with van der Waals surface area (Å²) < 4.78 is 12.8. The average molecular weight is 542 g/mol. The summed E-state index contributed by atoms with van der Waals surface area (Å²) in [5, 5.41) is 11.8. The van der Waals surface area contributed by atoms with Gasteiger partial charge in [0.05, 0.1) is 19.8 Å². The molecule has 0 saturated carbocycles. The predicted molar refractivity (Wildman–Crippen MR) is 155 cm³/mol. The number of hydrogen-bond donors (Lipinski definition) is 2. The lowest BCUT2D eigenvalue weighted by molar-refractivity contribution is -0.113. The molecule has 1 aliphatic rings. The van der Waals surface area contributed by atoms with Crippen LogP contribution in [0.15, 0.2) is 83.2 Å². The summed E-state index contributed by atoms with van der Waals surface area (Å²) in [7, 11) is 3.19. The van der Waals surface area contributed by atoms with Crippen molar-refractivity contribution >= 4 is 29.3 Å². The van der Waals surface area contributed by atoms with E-state index >= 15 is 0 Å². The number of fused-ring (bicyclic) bond motifs is 1. The van der Waals surface area contributed by atoms with E-state index in [1.807, 2.05) is 55.5 Å². The zero-order chi connectivity index (χ0) is 27.5. The first-order chi connectivity index (χ1) is 18.9. The van der Waals surface area contributed by atoms with Gasteiger partial charge >= 0.3 is 0 Å². The number of aromatic nitrogens is 3. The van der Waals surface area contributed by atoms with Gasteiger partial charge in [-0.2, -0.15) is 4.98 Å². The van der Waals surface area contributed by atoms with E-state index in [0.29, 0.717) is 39.6 Å². The van der Waals surface area contributed by atoms with Gasteiger partial charge in [-0.25, -0.2) is 4.68 Å². The van der Waals surface area contributed by atoms with Crippen LogP contribution in [0.4, 0.5) is 11.6 Å². The molecule has 200 valence electrons. The fraction of sp³-hybridized carbons (Fsp3) is 0.233. The maximum absolute atomic E-state index is 13.7. The first-order valence-electron chi connectivity index (χ1n) is 12.6. The maximum atomic E-state index is 13.7. The summed E-state index contributed by atoms with van der Waals surface area (Å²) in [6.45, 7) is 6.09. The van der Waals surface area contributed by atoms with Crippen LogP contribution in [-0.4, -0.2) is 34.9 Å². The Labute approximate surface area is 232 Å². The van der Waals surface area contributed by atoms with Crippen molar-refractivity contribution in [2.45, 2.75) is 37.7 Å². The van der Waals surface area contributed by atoms with Crippen LogP contribution in [0.25, 0.3) is 0 Å². The first kappa shape index (κ1) is 26.4. The van der Waals surface area contributed by atoms with Gasteiger partial charge in [-0.1, -0.05) is 59.8 Å². The highest BCUT2D eigenvalue weighted by atomic mass is 32.2. The summed E-state index contributed by atoms with van der Waals surface area (Å²) in [6, 6.07) is 21.0. The Morgan fingerprint density at radius 3 is 2.51 bits per heavy atom. The summed E-state index contributed by atoms with van der Waals surface area (Å²) in [5.74, 6) is 2.27. The number of methoxy groups -OCH3 is 2. The van der Waals surface area contributed by atoms with Crippen molar-refractivity contribution in [1.82, 2.24) is 14.8 Å². The highest BCUT2D eigenvalue weighted by Gasteiger charge is 2.35. The van der Waals surface area contributed by atoms with Gasteiger partial charge in [0.25, 0.3) is 5.91 Å². The molecule has 2 heterocycles. The van der Waals surface area contributed by atoms with E-state index in [1.165, 1.54) is 16.7 Å². The Morgan fingerprint density at radius 1 is 1.00 bits per heavy atom. The molecule has 3 aromatic carbocycles. The van der Waals surface area contributed by atoms with Crippen LogP contribution < -0.4 is 20.1 Å². The van der Waals surface area contributed by atoms with Gasteiger partial charge in [-0.05, 0) is 61.7 Å². The van der Waals surface area contributed by atoms with Crippen LogP contribution in [0, 0.1) is 13.8 Å². The SMILES string of the molecule is COc1ccc(C2C(C(=O)Nc3ccccc3)=C(C)Nc3nc(SCc4cc(C)ccc4C)nn32)cc1OC. The van der Waals surface area contributed by atoms with Crippen molar-refractivity contribution < 1.29 is 14.3 Å². The monoisotopic (exact) mass is 541 g/mol. The standard InChI is InChI=1S/C30H31N5O3S/c1-18-11-12-19(2)22(15-18)17-39-30-33-29-31-20(3)26(28(36)32-23-9-7-6-8-10-23)27(35(29)34-30)21-13-14-24(37-4)25(16-21)38-5/h6-16,27H,17H2,1-5H3,(H,32,36)(H,31,33,34). The van der Waals surface area contributed by atoms with Crippen molar-refractivity contribution in [3.8, 4) is 11.5 Å². The molecular weight excluding hydrogens is 510 g/mol. The number of amides is 1. The lowest BCUT2D eigenvalue weighted by Gasteiger charge is -2.29. The minimum Gasteiger partial charge on any atom is -0.493 e.